The van der Waals surface area contributed by atoms with Crippen LogP contribution in [-0.2, 0) is 19.6 Å². The van der Waals surface area contributed by atoms with E-state index in [0.717, 1.165) is 37.2 Å². The molecule has 1 aromatic carbocycles. The number of hydrogen-bond donors (Lipinski definition) is 1. The molecule has 288 valence electrons. The number of hydrogen-bond acceptors (Lipinski definition) is 8. The zero-order valence-electron chi connectivity index (χ0n) is 32.1. The van der Waals surface area contributed by atoms with Crippen LogP contribution in [0.5, 0.6) is 5.75 Å². The topological polar surface area (TPSA) is 157 Å². The molecule has 0 heterocycles. The van der Waals surface area contributed by atoms with Gasteiger partial charge in [-0.25, -0.2) is 17.5 Å². The number of sulfonamides is 1. The monoisotopic (exact) mass is 749 g/mol. The third-order valence-electron chi connectivity index (χ3n) is 7.77. The lowest BCUT2D eigenvalue weighted by Crippen LogP contribution is -2.39. The van der Waals surface area contributed by atoms with Gasteiger partial charge in [0, 0.05) is 71.4 Å². The molecule has 51 heavy (non-hydrogen) atoms. The zero-order valence-corrected chi connectivity index (χ0v) is 33.9. The van der Waals surface area contributed by atoms with Gasteiger partial charge in [0.1, 0.15) is 11.4 Å². The van der Waals surface area contributed by atoms with Gasteiger partial charge in [0.05, 0.1) is 12.9 Å². The first-order valence-electron chi connectivity index (χ1n) is 17.9. The van der Waals surface area contributed by atoms with E-state index in [1.54, 1.807) is 49.2 Å². The highest BCUT2D eigenvalue weighted by Crippen LogP contribution is 2.15. The molecular weight excluding hydrogens is 687 g/mol. The third-order valence-corrected chi connectivity index (χ3v) is 11.8. The molecule has 15 heteroatoms. The van der Waals surface area contributed by atoms with Gasteiger partial charge in [0.2, 0.25) is 15.9 Å². The lowest BCUT2D eigenvalue weighted by molar-refractivity contribution is -0.126. The highest BCUT2D eigenvalue weighted by atomic mass is 32.2. The Kier molecular flexibility index (Phi) is 21.5. The fourth-order valence-corrected chi connectivity index (χ4v) is 9.55. The minimum atomic E-state index is -3.45. The van der Waals surface area contributed by atoms with Crippen LogP contribution < -0.4 is 10.1 Å². The van der Waals surface area contributed by atoms with Gasteiger partial charge in [-0.15, -0.1) is 6.58 Å². The van der Waals surface area contributed by atoms with E-state index < -0.39 is 29.8 Å². The molecule has 0 atom stereocenters. The molecule has 0 spiro atoms. The summed E-state index contributed by atoms with van der Waals surface area (Å²) in [6.45, 7) is 20.4. The fraction of sp³-hybridized carbons (Fsp3) is 0.667. The number of nitrogens with one attached hydrogen (secondary N) is 1. The van der Waals surface area contributed by atoms with Crippen LogP contribution in [0.2, 0.25) is 25.7 Å². The van der Waals surface area contributed by atoms with Gasteiger partial charge in [-0.2, -0.15) is 0 Å². The second kappa shape index (κ2) is 24.0. The average molecular weight is 750 g/mol. The molecule has 0 radical (unpaired) electrons. The zero-order chi connectivity index (χ0) is 38.3. The van der Waals surface area contributed by atoms with Crippen molar-refractivity contribution in [2.24, 2.45) is 5.11 Å². The largest absolute Gasteiger partial charge is 0.497 e. The number of alkyl carbamates (subject to hydrolysis) is 1. The van der Waals surface area contributed by atoms with E-state index in [-0.39, 0.29) is 11.7 Å². The highest BCUT2D eigenvalue weighted by Gasteiger charge is 2.25. The molecular formula is C36H63N7O6SSi. The van der Waals surface area contributed by atoms with Crippen molar-refractivity contribution in [1.82, 2.24) is 19.4 Å². The van der Waals surface area contributed by atoms with Gasteiger partial charge in [-0.05, 0) is 94.8 Å². The number of methoxy groups -OCH3 is 1. The molecule has 0 aromatic heterocycles. The highest BCUT2D eigenvalue weighted by molar-refractivity contribution is 7.89. The molecule has 0 aliphatic heterocycles. The van der Waals surface area contributed by atoms with Crippen molar-refractivity contribution < 1.29 is 27.5 Å². The maximum atomic E-state index is 13.4. The first kappa shape index (κ1) is 45.7. The molecule has 1 aromatic rings. The maximum absolute atomic E-state index is 13.4. The van der Waals surface area contributed by atoms with Gasteiger partial charge in [0.15, 0.2) is 0 Å². The Balaban J connectivity index is 2.77. The van der Waals surface area contributed by atoms with Crippen LogP contribution in [0.3, 0.4) is 0 Å². The van der Waals surface area contributed by atoms with Crippen LogP contribution in [0.4, 0.5) is 4.79 Å². The Bertz CT molecular complexity index is 1370. The van der Waals surface area contributed by atoms with E-state index in [1.807, 2.05) is 30.3 Å². The van der Waals surface area contributed by atoms with E-state index in [0.29, 0.717) is 71.1 Å². The number of carbonyl (C=O) groups excluding carboxylic acids is 2. The standard InChI is InChI=1S/C36H63N7O6SSi/c1-9-23-41(25-14-27-42(26-13-22-39-40-37)34(44)20-17-32-15-18-33(48-5)19-16-32)24-10-11-28-43(50(46,47)30-31-51(6,7)8)29-12-21-38-35(45)49-36(2,3)4/h9,15-20H,1,10-14,21-31H2,2-8H3,(H,38,45)/b20-17+. The van der Waals surface area contributed by atoms with Crippen molar-refractivity contribution >= 4 is 36.2 Å². The van der Waals surface area contributed by atoms with Gasteiger partial charge in [-0.1, -0.05) is 43.0 Å². The summed E-state index contributed by atoms with van der Waals surface area (Å²) >= 11 is 0. The van der Waals surface area contributed by atoms with Crippen molar-refractivity contribution in [3.8, 4) is 5.75 Å². The van der Waals surface area contributed by atoms with Crippen LogP contribution in [-0.4, -0.2) is 120 Å². The van der Waals surface area contributed by atoms with Crippen LogP contribution in [0.1, 0.15) is 58.4 Å². The number of unbranched alkanes of at least 4 members (excludes halogenated alkanes) is 1. The van der Waals surface area contributed by atoms with Crippen LogP contribution >= 0.6 is 0 Å². The van der Waals surface area contributed by atoms with E-state index in [9.17, 15) is 18.0 Å². The van der Waals surface area contributed by atoms with Crippen molar-refractivity contribution in [1.29, 1.82) is 0 Å². The smallest absolute Gasteiger partial charge is 0.407 e. The molecule has 2 amide bonds. The van der Waals surface area contributed by atoms with Gasteiger partial charge in [-0.3, -0.25) is 9.69 Å². The Morgan fingerprint density at radius 1 is 0.980 bits per heavy atom. The van der Waals surface area contributed by atoms with Gasteiger partial charge in [0.25, 0.3) is 0 Å². The first-order valence-corrected chi connectivity index (χ1v) is 23.2. The van der Waals surface area contributed by atoms with Crippen molar-refractivity contribution in [2.75, 3.05) is 71.8 Å². The average Bonchev–Trinajstić information content (AvgIpc) is 3.05. The fourth-order valence-electron chi connectivity index (χ4n) is 5.00. The van der Waals surface area contributed by atoms with Crippen LogP contribution in [0, 0.1) is 0 Å². The van der Waals surface area contributed by atoms with Crippen molar-refractivity contribution in [2.45, 2.75) is 84.2 Å². The number of azide groups is 1. The molecule has 0 saturated carbocycles. The SMILES string of the molecule is C=CCN(CCCCN(CCCNC(=O)OC(C)(C)C)S(=O)(=O)CC[Si](C)(C)C)CCCN(CCCN=[N+]=[N-])C(=O)/C=C/c1ccc(OC)cc1. The lowest BCUT2D eigenvalue weighted by Gasteiger charge is -2.26. The van der Waals surface area contributed by atoms with Crippen LogP contribution in [0.15, 0.2) is 48.1 Å². The predicted octanol–water partition coefficient (Wildman–Crippen LogP) is 6.78. The Hall–Kier alpha value is -3.36. The lowest BCUT2D eigenvalue weighted by atomic mass is 10.2. The maximum Gasteiger partial charge on any atom is 0.407 e. The summed E-state index contributed by atoms with van der Waals surface area (Å²) in [6, 6.07) is 8.14. The van der Waals surface area contributed by atoms with E-state index in [2.05, 4.69) is 46.5 Å². The molecule has 1 N–H and O–H groups in total. The third kappa shape index (κ3) is 22.2. The predicted molar refractivity (Wildman–Crippen MR) is 210 cm³/mol. The van der Waals surface area contributed by atoms with Gasteiger partial charge < -0.3 is 19.7 Å². The molecule has 0 bridgehead atoms. The van der Waals surface area contributed by atoms with Crippen molar-refractivity contribution in [3.05, 3.63) is 59.0 Å². The summed E-state index contributed by atoms with van der Waals surface area (Å²) in [5.74, 6) is 0.767. The number of rotatable bonds is 26. The number of benzene rings is 1. The molecule has 1 rings (SSSR count). The van der Waals surface area contributed by atoms with Crippen molar-refractivity contribution in [3.63, 3.8) is 0 Å². The molecule has 0 fully saturated rings. The summed E-state index contributed by atoms with van der Waals surface area (Å²) in [5.41, 5.74) is 8.93. The summed E-state index contributed by atoms with van der Waals surface area (Å²) in [6.07, 6.45) is 7.96. The first-order chi connectivity index (χ1) is 24.0. The Morgan fingerprint density at radius 3 is 2.22 bits per heavy atom. The number of amides is 2. The van der Waals surface area contributed by atoms with Gasteiger partial charge >= 0.3 is 6.09 Å². The number of carbonyl (C=O) groups is 2. The molecule has 0 saturated heterocycles. The number of nitrogens with zero attached hydrogens (tertiary/aromatic N) is 6. The van der Waals surface area contributed by atoms with E-state index in [4.69, 9.17) is 15.0 Å². The minimum Gasteiger partial charge on any atom is -0.497 e. The molecule has 0 aliphatic rings. The minimum absolute atomic E-state index is 0.112. The summed E-state index contributed by atoms with van der Waals surface area (Å²) in [4.78, 5) is 32.0. The second-order valence-electron chi connectivity index (χ2n) is 14.7. The summed E-state index contributed by atoms with van der Waals surface area (Å²) in [7, 11) is -3.40. The second-order valence-corrected chi connectivity index (χ2v) is 22.4. The molecule has 0 aliphatic carbocycles. The summed E-state index contributed by atoms with van der Waals surface area (Å²) < 4.78 is 38.9. The normalized spacial score (nSPS) is 12.2. The van der Waals surface area contributed by atoms with E-state index in [1.165, 1.54) is 0 Å². The van der Waals surface area contributed by atoms with E-state index >= 15 is 0 Å². The Labute approximate surface area is 308 Å². The summed E-state index contributed by atoms with van der Waals surface area (Å²) in [5, 5.41) is 6.33. The van der Waals surface area contributed by atoms with Crippen LogP contribution in [0.25, 0.3) is 16.5 Å². The Morgan fingerprint density at radius 2 is 1.61 bits per heavy atom. The quantitative estimate of drug-likeness (QED) is 0.0208. The molecule has 13 nitrogen and oxygen atoms in total. The molecule has 0 unspecified atom stereocenters. The number of ether oxygens (including phenoxy) is 2.